The van der Waals surface area contributed by atoms with Gasteiger partial charge in [-0.15, -0.1) is 0 Å². The molecular formula is C17H18NO6-. The maximum atomic E-state index is 11.8. The lowest BCUT2D eigenvalue weighted by Crippen LogP contribution is -2.39. The van der Waals surface area contributed by atoms with Gasteiger partial charge in [0.25, 0.3) is 0 Å². The molecular weight excluding hydrogens is 314 g/mol. The monoisotopic (exact) mass is 332 g/mol. The molecule has 2 rings (SSSR count). The van der Waals surface area contributed by atoms with Crippen LogP contribution in [0.2, 0.25) is 0 Å². The van der Waals surface area contributed by atoms with Gasteiger partial charge in [-0.25, -0.2) is 4.79 Å². The lowest BCUT2D eigenvalue weighted by Gasteiger charge is -2.25. The summed E-state index contributed by atoms with van der Waals surface area (Å²) in [5.74, 6) is 0.683. The predicted octanol–water partition coefficient (Wildman–Crippen LogP) is 3.50. The Kier molecular flexibility index (Phi) is 5.28. The van der Waals surface area contributed by atoms with Gasteiger partial charge < -0.3 is 24.6 Å². The number of hydrogen-bond acceptors (Lipinski definition) is 7. The minimum Gasteiger partial charge on any atom is -0.733 e. The molecule has 2 aromatic carbocycles. The average molecular weight is 332 g/mol. The normalized spacial score (nSPS) is 10.9. The summed E-state index contributed by atoms with van der Waals surface area (Å²) in [7, 11) is 1.29. The van der Waals surface area contributed by atoms with E-state index in [0.717, 1.165) is 0 Å². The average Bonchev–Trinajstić information content (AvgIpc) is 2.56. The number of carbonyl (C=O) groups excluding carboxylic acids is 1. The lowest BCUT2D eigenvalue weighted by molar-refractivity contribution is -0.156. The van der Waals surface area contributed by atoms with Crippen LogP contribution in [-0.2, 0) is 9.53 Å². The van der Waals surface area contributed by atoms with Crippen LogP contribution in [0.5, 0.6) is 17.2 Å². The first kappa shape index (κ1) is 17.6. The van der Waals surface area contributed by atoms with E-state index in [1.54, 1.807) is 38.1 Å². The molecule has 128 valence electrons. The highest BCUT2D eigenvalue weighted by Gasteiger charge is 2.32. The molecule has 7 nitrogen and oxygen atoms in total. The number of anilines is 1. The summed E-state index contributed by atoms with van der Waals surface area (Å²) in [6, 6.07) is 12.7. The quantitative estimate of drug-likeness (QED) is 0.639. The minimum absolute atomic E-state index is 0.0821. The second-order valence-electron chi connectivity index (χ2n) is 5.42. The number of nitrogens with zero attached hydrogens (tertiary/aromatic N) is 1. The Morgan fingerprint density at radius 2 is 1.67 bits per heavy atom. The summed E-state index contributed by atoms with van der Waals surface area (Å²) in [4.78, 5) is 11.8. The summed E-state index contributed by atoms with van der Waals surface area (Å²) >= 11 is 0. The van der Waals surface area contributed by atoms with Crippen LogP contribution < -0.4 is 14.7 Å². The van der Waals surface area contributed by atoms with Crippen molar-refractivity contribution in [2.24, 2.45) is 0 Å². The Morgan fingerprint density at radius 1 is 1.08 bits per heavy atom. The number of benzene rings is 2. The van der Waals surface area contributed by atoms with Crippen LogP contribution in [-0.4, -0.2) is 23.9 Å². The Labute approximate surface area is 139 Å². The van der Waals surface area contributed by atoms with Crippen molar-refractivity contribution >= 4 is 11.7 Å². The summed E-state index contributed by atoms with van der Waals surface area (Å²) in [5, 5.41) is 19.4. The topological polar surface area (TPSA) is 91.3 Å². The second kappa shape index (κ2) is 7.20. The molecule has 1 N–H and O–H groups in total. The van der Waals surface area contributed by atoms with Gasteiger partial charge in [-0.05, 0) is 50.2 Å². The molecule has 2 aromatic rings. The molecule has 7 heteroatoms. The molecule has 0 unspecified atom stereocenters. The summed E-state index contributed by atoms with van der Waals surface area (Å²) in [6.07, 6.45) is 0. The van der Waals surface area contributed by atoms with Crippen LogP contribution in [0.3, 0.4) is 0 Å². The van der Waals surface area contributed by atoms with Crippen molar-refractivity contribution in [2.45, 2.75) is 19.4 Å². The molecule has 0 spiro atoms. The Hall–Kier alpha value is -2.77. The second-order valence-corrected chi connectivity index (χ2v) is 5.42. The van der Waals surface area contributed by atoms with Crippen molar-refractivity contribution in [3.05, 3.63) is 53.7 Å². The molecule has 0 saturated carbocycles. The first-order valence-electron chi connectivity index (χ1n) is 7.14. The molecule has 0 amide bonds. The van der Waals surface area contributed by atoms with Gasteiger partial charge in [-0.1, -0.05) is 12.1 Å². The van der Waals surface area contributed by atoms with Gasteiger partial charge in [0.05, 0.1) is 12.8 Å². The standard InChI is InChI=1S/C17H18NO6/c1-17(2,16(19)22-3)24-15-7-5-4-6-14(15)23-13-10-8-12(9-11-13)18(20)21/h4-11,20H,1-3H3/q-1. The van der Waals surface area contributed by atoms with Gasteiger partial charge in [-0.2, -0.15) is 0 Å². The molecule has 0 bridgehead atoms. The smallest absolute Gasteiger partial charge is 0.349 e. The van der Waals surface area contributed by atoms with Gasteiger partial charge in [-0.3, -0.25) is 5.21 Å². The van der Waals surface area contributed by atoms with Crippen LogP contribution >= 0.6 is 0 Å². The SMILES string of the molecule is COC(=O)C(C)(C)Oc1ccccc1Oc1ccc(N([O-])O)cc1. The third-order valence-corrected chi connectivity index (χ3v) is 3.18. The summed E-state index contributed by atoms with van der Waals surface area (Å²) in [5.41, 5.74) is -1.10. The fourth-order valence-electron chi connectivity index (χ4n) is 1.95. The molecule has 0 saturated heterocycles. The van der Waals surface area contributed by atoms with Crippen LogP contribution in [0.25, 0.3) is 0 Å². The van der Waals surface area contributed by atoms with Gasteiger partial charge in [0.2, 0.25) is 0 Å². The van der Waals surface area contributed by atoms with Gasteiger partial charge >= 0.3 is 5.97 Å². The summed E-state index contributed by atoms with van der Waals surface area (Å²) < 4.78 is 16.2. The van der Waals surface area contributed by atoms with Crippen LogP contribution in [0.4, 0.5) is 5.69 Å². The fourth-order valence-corrected chi connectivity index (χ4v) is 1.95. The van der Waals surface area contributed by atoms with Crippen molar-refractivity contribution in [3.8, 4) is 17.2 Å². The highest BCUT2D eigenvalue weighted by Crippen LogP contribution is 2.34. The van der Waals surface area contributed by atoms with Crippen molar-refractivity contribution in [1.29, 1.82) is 0 Å². The van der Waals surface area contributed by atoms with Crippen molar-refractivity contribution in [1.82, 2.24) is 0 Å². The van der Waals surface area contributed by atoms with Gasteiger partial charge in [0, 0.05) is 0 Å². The fraction of sp³-hybridized carbons (Fsp3) is 0.235. The zero-order chi connectivity index (χ0) is 17.7. The van der Waals surface area contributed by atoms with Crippen molar-refractivity contribution in [3.63, 3.8) is 0 Å². The van der Waals surface area contributed by atoms with E-state index >= 15 is 0 Å². The van der Waals surface area contributed by atoms with E-state index in [1.165, 1.54) is 31.4 Å². The highest BCUT2D eigenvalue weighted by molar-refractivity contribution is 5.79. The molecule has 0 radical (unpaired) electrons. The maximum absolute atomic E-state index is 11.8. The number of methoxy groups -OCH3 is 1. The minimum atomic E-state index is -1.18. The number of carbonyl (C=O) groups is 1. The van der Waals surface area contributed by atoms with E-state index in [4.69, 9.17) is 19.4 Å². The van der Waals surface area contributed by atoms with E-state index in [9.17, 15) is 10.0 Å². The lowest BCUT2D eigenvalue weighted by atomic mass is 10.1. The first-order chi connectivity index (χ1) is 11.3. The Bertz CT molecular complexity index is 696. The third-order valence-electron chi connectivity index (χ3n) is 3.18. The number of ether oxygens (including phenoxy) is 3. The Balaban J connectivity index is 2.21. The Morgan fingerprint density at radius 3 is 2.21 bits per heavy atom. The first-order valence-corrected chi connectivity index (χ1v) is 7.14. The molecule has 24 heavy (non-hydrogen) atoms. The zero-order valence-corrected chi connectivity index (χ0v) is 13.6. The molecule has 0 aliphatic rings. The van der Waals surface area contributed by atoms with Crippen LogP contribution in [0.15, 0.2) is 48.5 Å². The van der Waals surface area contributed by atoms with E-state index in [2.05, 4.69) is 0 Å². The van der Waals surface area contributed by atoms with Crippen molar-refractivity contribution < 1.29 is 24.2 Å². The molecule has 0 aromatic heterocycles. The summed E-state index contributed by atoms with van der Waals surface area (Å²) in [6.45, 7) is 3.18. The number of para-hydroxylation sites is 2. The largest absolute Gasteiger partial charge is 0.733 e. The number of hydrogen-bond donors (Lipinski definition) is 1. The predicted molar refractivity (Wildman–Crippen MR) is 87.3 cm³/mol. The molecule has 0 aliphatic carbocycles. The van der Waals surface area contributed by atoms with Crippen LogP contribution in [0.1, 0.15) is 13.8 Å². The van der Waals surface area contributed by atoms with Gasteiger partial charge in [0.1, 0.15) is 5.75 Å². The van der Waals surface area contributed by atoms with Gasteiger partial charge in [0.15, 0.2) is 17.1 Å². The zero-order valence-electron chi connectivity index (χ0n) is 13.6. The number of rotatable bonds is 6. The molecule has 0 atom stereocenters. The molecule has 0 fully saturated rings. The van der Waals surface area contributed by atoms with Crippen LogP contribution in [0, 0.1) is 5.21 Å². The maximum Gasteiger partial charge on any atom is 0.349 e. The molecule has 0 heterocycles. The van der Waals surface area contributed by atoms with Crippen molar-refractivity contribution in [2.75, 3.05) is 12.3 Å². The third kappa shape index (κ3) is 4.15. The van der Waals surface area contributed by atoms with E-state index in [0.29, 0.717) is 17.2 Å². The van der Waals surface area contributed by atoms with E-state index < -0.39 is 11.6 Å². The highest BCUT2D eigenvalue weighted by atomic mass is 16.8. The molecule has 0 aliphatic heterocycles. The van der Waals surface area contributed by atoms with E-state index in [-0.39, 0.29) is 10.9 Å². The van der Waals surface area contributed by atoms with E-state index in [1.807, 2.05) is 0 Å². The number of esters is 1.